The number of carbonyl (C=O) groups is 1. The van der Waals surface area contributed by atoms with Crippen molar-refractivity contribution >= 4 is 6.09 Å². The molecular formula is C14H22N2O2. The number of hydrogen-bond donors (Lipinski definition) is 0. The molecule has 100 valence electrons. The number of rotatable bonds is 2. The number of ether oxygens (including phenoxy) is 1. The van der Waals surface area contributed by atoms with Gasteiger partial charge in [0.2, 0.25) is 0 Å². The summed E-state index contributed by atoms with van der Waals surface area (Å²) in [4.78, 5) is 15.8. The van der Waals surface area contributed by atoms with E-state index in [1.165, 1.54) is 17.3 Å². The lowest BCUT2D eigenvalue weighted by Gasteiger charge is -2.36. The SMILES string of the molecule is CC1CCC(C(C)C)C(OC(=O)n2ccnc2)C1. The van der Waals surface area contributed by atoms with Gasteiger partial charge in [-0.1, -0.05) is 27.2 Å². The van der Waals surface area contributed by atoms with Crippen molar-refractivity contribution in [1.29, 1.82) is 0 Å². The van der Waals surface area contributed by atoms with Crippen LogP contribution in [0.2, 0.25) is 0 Å². The van der Waals surface area contributed by atoms with Crippen LogP contribution in [0.1, 0.15) is 40.0 Å². The fraction of sp³-hybridized carbons (Fsp3) is 0.714. The minimum Gasteiger partial charge on any atom is -0.445 e. The molecular weight excluding hydrogens is 228 g/mol. The van der Waals surface area contributed by atoms with Crippen LogP contribution in [0.3, 0.4) is 0 Å². The van der Waals surface area contributed by atoms with Crippen molar-refractivity contribution in [2.24, 2.45) is 17.8 Å². The first-order valence-corrected chi connectivity index (χ1v) is 6.77. The lowest BCUT2D eigenvalue weighted by molar-refractivity contribution is 0.00673. The van der Waals surface area contributed by atoms with E-state index in [2.05, 4.69) is 25.8 Å². The molecule has 0 aliphatic heterocycles. The van der Waals surface area contributed by atoms with E-state index < -0.39 is 0 Å². The summed E-state index contributed by atoms with van der Waals surface area (Å²) in [5.41, 5.74) is 0. The minimum atomic E-state index is -0.308. The van der Waals surface area contributed by atoms with Gasteiger partial charge in [0.15, 0.2) is 0 Å². The fourth-order valence-corrected chi connectivity index (χ4v) is 2.81. The average molecular weight is 250 g/mol. The normalized spacial score (nSPS) is 28.3. The maximum absolute atomic E-state index is 11.9. The van der Waals surface area contributed by atoms with Crippen molar-refractivity contribution in [3.63, 3.8) is 0 Å². The molecule has 0 N–H and O–H groups in total. The van der Waals surface area contributed by atoms with Crippen LogP contribution in [0.5, 0.6) is 0 Å². The highest BCUT2D eigenvalue weighted by Crippen LogP contribution is 2.35. The first-order valence-electron chi connectivity index (χ1n) is 6.77. The van der Waals surface area contributed by atoms with E-state index >= 15 is 0 Å². The van der Waals surface area contributed by atoms with E-state index in [9.17, 15) is 4.79 Å². The number of hydrogen-bond acceptors (Lipinski definition) is 3. The Hall–Kier alpha value is -1.32. The van der Waals surface area contributed by atoms with E-state index in [1.807, 2.05) is 0 Å². The largest absolute Gasteiger partial charge is 0.445 e. The molecule has 0 amide bonds. The zero-order valence-electron chi connectivity index (χ0n) is 11.4. The molecule has 1 heterocycles. The van der Waals surface area contributed by atoms with E-state index in [4.69, 9.17) is 4.74 Å². The molecule has 1 saturated carbocycles. The van der Waals surface area contributed by atoms with Crippen LogP contribution >= 0.6 is 0 Å². The van der Waals surface area contributed by atoms with Crippen LogP contribution in [-0.2, 0) is 4.74 Å². The summed E-state index contributed by atoms with van der Waals surface area (Å²) in [6.07, 6.45) is 7.80. The van der Waals surface area contributed by atoms with Crippen LogP contribution in [0.15, 0.2) is 18.7 Å². The summed E-state index contributed by atoms with van der Waals surface area (Å²) in [6, 6.07) is 0. The third-order valence-corrected chi connectivity index (χ3v) is 3.93. The molecule has 1 fully saturated rings. The number of aromatic nitrogens is 2. The molecule has 0 bridgehead atoms. The van der Waals surface area contributed by atoms with Gasteiger partial charge < -0.3 is 4.74 Å². The Morgan fingerprint density at radius 3 is 2.83 bits per heavy atom. The minimum absolute atomic E-state index is 0.0450. The Labute approximate surface area is 108 Å². The molecule has 0 radical (unpaired) electrons. The van der Waals surface area contributed by atoms with Gasteiger partial charge in [0.05, 0.1) is 0 Å². The van der Waals surface area contributed by atoms with Gasteiger partial charge in [-0.25, -0.2) is 14.3 Å². The molecule has 0 saturated heterocycles. The maximum Gasteiger partial charge on any atom is 0.419 e. The molecule has 4 heteroatoms. The monoisotopic (exact) mass is 250 g/mol. The van der Waals surface area contributed by atoms with Crippen LogP contribution in [0, 0.1) is 17.8 Å². The van der Waals surface area contributed by atoms with Crippen LogP contribution in [0.4, 0.5) is 4.79 Å². The zero-order chi connectivity index (χ0) is 13.1. The smallest absolute Gasteiger partial charge is 0.419 e. The highest BCUT2D eigenvalue weighted by atomic mass is 16.6. The molecule has 4 nitrogen and oxygen atoms in total. The summed E-state index contributed by atoms with van der Waals surface area (Å²) in [5.74, 6) is 1.67. The first-order chi connectivity index (χ1) is 8.58. The van der Waals surface area contributed by atoms with Crippen molar-refractivity contribution < 1.29 is 9.53 Å². The Balaban J connectivity index is 2.02. The number of carbonyl (C=O) groups excluding carboxylic acids is 1. The summed E-state index contributed by atoms with van der Waals surface area (Å²) in [7, 11) is 0. The third kappa shape index (κ3) is 2.92. The van der Waals surface area contributed by atoms with Gasteiger partial charge in [0, 0.05) is 12.4 Å². The van der Waals surface area contributed by atoms with E-state index in [-0.39, 0.29) is 12.2 Å². The van der Waals surface area contributed by atoms with Gasteiger partial charge >= 0.3 is 6.09 Å². The molecule has 18 heavy (non-hydrogen) atoms. The summed E-state index contributed by atoms with van der Waals surface area (Å²) in [5, 5.41) is 0. The second-order valence-electron chi connectivity index (χ2n) is 5.72. The zero-order valence-corrected chi connectivity index (χ0v) is 11.4. The maximum atomic E-state index is 11.9. The molecule has 1 aromatic rings. The van der Waals surface area contributed by atoms with Crippen LogP contribution in [0.25, 0.3) is 0 Å². The quantitative estimate of drug-likeness (QED) is 0.808. The van der Waals surface area contributed by atoms with E-state index in [0.717, 1.165) is 12.8 Å². The van der Waals surface area contributed by atoms with Gasteiger partial charge in [0.25, 0.3) is 0 Å². The number of nitrogens with zero attached hydrogens (tertiary/aromatic N) is 2. The van der Waals surface area contributed by atoms with Crippen molar-refractivity contribution in [1.82, 2.24) is 9.55 Å². The fourth-order valence-electron chi connectivity index (χ4n) is 2.81. The Bertz CT molecular complexity index is 387. The van der Waals surface area contributed by atoms with Crippen molar-refractivity contribution in [2.45, 2.75) is 46.1 Å². The van der Waals surface area contributed by atoms with E-state index in [1.54, 1.807) is 12.4 Å². The van der Waals surface area contributed by atoms with E-state index in [0.29, 0.717) is 17.8 Å². The number of imidazole rings is 1. The Kier molecular flexibility index (Phi) is 4.04. The molecule has 3 unspecified atom stereocenters. The highest BCUT2D eigenvalue weighted by molar-refractivity contribution is 5.70. The lowest BCUT2D eigenvalue weighted by atomic mass is 9.75. The van der Waals surface area contributed by atoms with Crippen molar-refractivity contribution in [3.05, 3.63) is 18.7 Å². The summed E-state index contributed by atoms with van der Waals surface area (Å²) >= 11 is 0. The van der Waals surface area contributed by atoms with Crippen LogP contribution < -0.4 is 0 Å². The predicted molar refractivity (Wildman–Crippen MR) is 69.2 cm³/mol. The van der Waals surface area contributed by atoms with Gasteiger partial charge in [0.1, 0.15) is 12.4 Å². The molecule has 0 spiro atoms. The Morgan fingerprint density at radius 2 is 2.22 bits per heavy atom. The molecule has 0 aromatic carbocycles. The first kappa shape index (κ1) is 13.1. The highest BCUT2D eigenvalue weighted by Gasteiger charge is 2.33. The average Bonchev–Trinajstić information content (AvgIpc) is 2.81. The Morgan fingerprint density at radius 1 is 1.44 bits per heavy atom. The predicted octanol–water partition coefficient (Wildman–Crippen LogP) is 3.33. The van der Waals surface area contributed by atoms with Gasteiger partial charge in [-0.15, -0.1) is 0 Å². The topological polar surface area (TPSA) is 44.1 Å². The van der Waals surface area contributed by atoms with Gasteiger partial charge in [-0.05, 0) is 30.6 Å². The van der Waals surface area contributed by atoms with Gasteiger partial charge in [-0.3, -0.25) is 0 Å². The molecule has 2 rings (SSSR count). The lowest BCUT2D eigenvalue weighted by Crippen LogP contribution is -2.36. The molecule has 3 atom stereocenters. The standard InChI is InChI=1S/C14H22N2O2/c1-10(2)12-5-4-11(3)8-13(12)18-14(17)16-7-6-15-9-16/h6-7,9-13H,4-5,8H2,1-3H3. The second-order valence-corrected chi connectivity index (χ2v) is 5.72. The summed E-state index contributed by atoms with van der Waals surface area (Å²) in [6.45, 7) is 6.64. The molecule has 1 aliphatic carbocycles. The van der Waals surface area contributed by atoms with Crippen molar-refractivity contribution in [2.75, 3.05) is 0 Å². The van der Waals surface area contributed by atoms with Crippen LogP contribution in [-0.4, -0.2) is 21.7 Å². The summed E-state index contributed by atoms with van der Waals surface area (Å²) < 4.78 is 7.06. The van der Waals surface area contributed by atoms with Crippen molar-refractivity contribution in [3.8, 4) is 0 Å². The molecule has 1 aromatic heterocycles. The van der Waals surface area contributed by atoms with Gasteiger partial charge in [-0.2, -0.15) is 0 Å². The molecule has 1 aliphatic rings. The second kappa shape index (κ2) is 5.55. The third-order valence-electron chi connectivity index (χ3n) is 3.93.